The molecule has 2 heterocycles. The van der Waals surface area contributed by atoms with Crippen molar-refractivity contribution in [1.82, 2.24) is 10.2 Å². The summed E-state index contributed by atoms with van der Waals surface area (Å²) < 4.78 is 23.1. The molecule has 7 heteroatoms. The highest BCUT2D eigenvalue weighted by Gasteiger charge is 2.38. The molecule has 19 heavy (non-hydrogen) atoms. The van der Waals surface area contributed by atoms with Crippen LogP contribution in [-0.4, -0.2) is 55.3 Å². The van der Waals surface area contributed by atoms with E-state index in [1.165, 1.54) is 0 Å². The molecule has 6 nitrogen and oxygen atoms in total. The van der Waals surface area contributed by atoms with E-state index in [1.807, 2.05) is 6.92 Å². The summed E-state index contributed by atoms with van der Waals surface area (Å²) in [5.41, 5.74) is 0. The minimum Gasteiger partial charge on any atom is -0.344 e. The second kappa shape index (κ2) is 5.48. The van der Waals surface area contributed by atoms with Crippen LogP contribution in [0.15, 0.2) is 0 Å². The molecule has 2 rings (SSSR count). The van der Waals surface area contributed by atoms with Gasteiger partial charge in [-0.25, -0.2) is 8.42 Å². The fraction of sp³-hybridized carbons (Fsp3) is 0.833. The number of hydrogen-bond donors (Lipinski definition) is 1. The zero-order chi connectivity index (χ0) is 14.0. The summed E-state index contributed by atoms with van der Waals surface area (Å²) >= 11 is 0. The van der Waals surface area contributed by atoms with Gasteiger partial charge in [-0.15, -0.1) is 0 Å². The molecule has 2 amide bonds. The maximum atomic E-state index is 12.4. The summed E-state index contributed by atoms with van der Waals surface area (Å²) in [4.78, 5) is 25.6. The SMILES string of the molecule is CCCC1NC(=O)CCN(C2CCS(=O)(=O)C2)C1=O. The van der Waals surface area contributed by atoms with Crippen LogP contribution in [0.25, 0.3) is 0 Å². The van der Waals surface area contributed by atoms with E-state index in [-0.39, 0.29) is 35.8 Å². The van der Waals surface area contributed by atoms with Crippen molar-refractivity contribution in [3.63, 3.8) is 0 Å². The van der Waals surface area contributed by atoms with Crippen LogP contribution in [0.5, 0.6) is 0 Å². The van der Waals surface area contributed by atoms with Crippen LogP contribution in [0.4, 0.5) is 0 Å². The summed E-state index contributed by atoms with van der Waals surface area (Å²) in [7, 11) is -3.02. The molecule has 2 saturated heterocycles. The zero-order valence-electron chi connectivity index (χ0n) is 11.1. The first kappa shape index (κ1) is 14.3. The third kappa shape index (κ3) is 3.26. The van der Waals surface area contributed by atoms with Gasteiger partial charge in [-0.1, -0.05) is 13.3 Å². The van der Waals surface area contributed by atoms with Crippen LogP contribution in [-0.2, 0) is 19.4 Å². The molecule has 0 spiro atoms. The number of nitrogens with one attached hydrogen (secondary N) is 1. The van der Waals surface area contributed by atoms with Crippen LogP contribution in [0.2, 0.25) is 0 Å². The molecule has 0 aromatic carbocycles. The Morgan fingerprint density at radius 1 is 1.37 bits per heavy atom. The van der Waals surface area contributed by atoms with Crippen LogP contribution in [0.1, 0.15) is 32.6 Å². The molecule has 0 aromatic heterocycles. The molecular formula is C12H20N2O4S. The van der Waals surface area contributed by atoms with E-state index in [1.54, 1.807) is 4.90 Å². The van der Waals surface area contributed by atoms with Gasteiger partial charge in [-0.2, -0.15) is 0 Å². The van der Waals surface area contributed by atoms with Gasteiger partial charge in [0.2, 0.25) is 11.8 Å². The Balaban J connectivity index is 2.14. The van der Waals surface area contributed by atoms with Crippen molar-refractivity contribution < 1.29 is 18.0 Å². The molecule has 2 atom stereocenters. The number of sulfone groups is 1. The van der Waals surface area contributed by atoms with E-state index in [2.05, 4.69) is 5.32 Å². The molecule has 1 N–H and O–H groups in total. The minimum absolute atomic E-state index is 0.0335. The minimum atomic E-state index is -3.02. The Bertz CT molecular complexity index is 474. The van der Waals surface area contributed by atoms with E-state index >= 15 is 0 Å². The monoisotopic (exact) mass is 288 g/mol. The molecule has 0 bridgehead atoms. The highest BCUT2D eigenvalue weighted by molar-refractivity contribution is 7.91. The van der Waals surface area contributed by atoms with Crippen molar-refractivity contribution in [3.05, 3.63) is 0 Å². The van der Waals surface area contributed by atoms with Gasteiger partial charge < -0.3 is 10.2 Å². The summed E-state index contributed by atoms with van der Waals surface area (Å²) in [5.74, 6) is -0.0856. The number of nitrogens with zero attached hydrogens (tertiary/aromatic N) is 1. The predicted molar refractivity (Wildman–Crippen MR) is 70.2 cm³/mol. The zero-order valence-corrected chi connectivity index (χ0v) is 11.9. The Morgan fingerprint density at radius 3 is 2.68 bits per heavy atom. The molecular weight excluding hydrogens is 268 g/mol. The lowest BCUT2D eigenvalue weighted by atomic mass is 10.1. The van der Waals surface area contributed by atoms with E-state index < -0.39 is 15.9 Å². The van der Waals surface area contributed by atoms with Gasteiger partial charge in [-0.3, -0.25) is 9.59 Å². The molecule has 0 aromatic rings. The maximum Gasteiger partial charge on any atom is 0.245 e. The molecule has 2 unspecified atom stereocenters. The second-order valence-electron chi connectivity index (χ2n) is 5.25. The standard InChI is InChI=1S/C12H20N2O4S/c1-2-3-10-12(16)14(6-4-11(15)13-10)9-5-7-19(17,18)8-9/h9-10H,2-8H2,1H3,(H,13,15). The van der Waals surface area contributed by atoms with Gasteiger partial charge in [0.05, 0.1) is 11.5 Å². The number of hydrogen-bond acceptors (Lipinski definition) is 4. The fourth-order valence-electron chi connectivity index (χ4n) is 2.73. The summed E-state index contributed by atoms with van der Waals surface area (Å²) in [6.45, 7) is 2.28. The van der Waals surface area contributed by atoms with Gasteiger partial charge in [0.25, 0.3) is 0 Å². The number of carbonyl (C=O) groups excluding carboxylic acids is 2. The lowest BCUT2D eigenvalue weighted by Crippen LogP contribution is -2.48. The molecule has 0 aliphatic carbocycles. The van der Waals surface area contributed by atoms with Crippen molar-refractivity contribution in [2.75, 3.05) is 18.1 Å². The number of amides is 2. The van der Waals surface area contributed by atoms with E-state index in [9.17, 15) is 18.0 Å². The van der Waals surface area contributed by atoms with E-state index in [0.717, 1.165) is 6.42 Å². The van der Waals surface area contributed by atoms with E-state index in [4.69, 9.17) is 0 Å². The normalized spacial score (nSPS) is 31.1. The Labute approximate surface area is 113 Å². The van der Waals surface area contributed by atoms with Crippen molar-refractivity contribution in [1.29, 1.82) is 0 Å². The maximum absolute atomic E-state index is 12.4. The molecule has 2 aliphatic heterocycles. The Hall–Kier alpha value is -1.11. The van der Waals surface area contributed by atoms with Crippen LogP contribution in [0.3, 0.4) is 0 Å². The molecule has 2 aliphatic rings. The smallest absolute Gasteiger partial charge is 0.245 e. The van der Waals surface area contributed by atoms with Crippen molar-refractivity contribution in [2.24, 2.45) is 0 Å². The quantitative estimate of drug-likeness (QED) is 0.772. The molecule has 0 radical (unpaired) electrons. The second-order valence-corrected chi connectivity index (χ2v) is 7.48. The van der Waals surface area contributed by atoms with E-state index in [0.29, 0.717) is 19.4 Å². The third-order valence-electron chi connectivity index (χ3n) is 3.72. The number of rotatable bonds is 3. The van der Waals surface area contributed by atoms with Crippen LogP contribution >= 0.6 is 0 Å². The van der Waals surface area contributed by atoms with Gasteiger partial charge in [0.1, 0.15) is 6.04 Å². The first-order valence-electron chi connectivity index (χ1n) is 6.73. The average molecular weight is 288 g/mol. The highest BCUT2D eigenvalue weighted by Crippen LogP contribution is 2.21. The summed E-state index contributed by atoms with van der Waals surface area (Å²) in [5, 5.41) is 2.72. The first-order chi connectivity index (χ1) is 8.93. The Kier molecular flexibility index (Phi) is 4.13. The number of carbonyl (C=O) groups is 2. The van der Waals surface area contributed by atoms with Crippen molar-refractivity contribution >= 4 is 21.7 Å². The molecule has 108 valence electrons. The lowest BCUT2D eigenvalue weighted by Gasteiger charge is -2.28. The average Bonchev–Trinajstić information content (AvgIpc) is 2.62. The first-order valence-corrected chi connectivity index (χ1v) is 8.55. The summed E-state index contributed by atoms with van der Waals surface area (Å²) in [6.07, 6.45) is 2.14. The van der Waals surface area contributed by atoms with Crippen LogP contribution < -0.4 is 5.32 Å². The molecule has 0 saturated carbocycles. The summed E-state index contributed by atoms with van der Waals surface area (Å²) in [6, 6.07) is -0.757. The topological polar surface area (TPSA) is 83.6 Å². The third-order valence-corrected chi connectivity index (χ3v) is 5.47. The molecule has 2 fully saturated rings. The van der Waals surface area contributed by atoms with Gasteiger partial charge >= 0.3 is 0 Å². The largest absolute Gasteiger partial charge is 0.344 e. The lowest BCUT2D eigenvalue weighted by molar-refractivity contribution is -0.135. The van der Waals surface area contributed by atoms with Crippen molar-refractivity contribution in [2.45, 2.75) is 44.7 Å². The van der Waals surface area contributed by atoms with Crippen LogP contribution in [0, 0.1) is 0 Å². The van der Waals surface area contributed by atoms with Gasteiger partial charge in [0.15, 0.2) is 9.84 Å². The van der Waals surface area contributed by atoms with Crippen molar-refractivity contribution in [3.8, 4) is 0 Å². The highest BCUT2D eigenvalue weighted by atomic mass is 32.2. The predicted octanol–water partition coefficient (Wildman–Crippen LogP) is -0.309. The van der Waals surface area contributed by atoms with Gasteiger partial charge in [-0.05, 0) is 12.8 Å². The fourth-order valence-corrected chi connectivity index (χ4v) is 4.46. The van der Waals surface area contributed by atoms with Gasteiger partial charge in [0, 0.05) is 19.0 Å². The Morgan fingerprint density at radius 2 is 2.11 bits per heavy atom.